The van der Waals surface area contributed by atoms with E-state index >= 15 is 0 Å². The van der Waals surface area contributed by atoms with Gasteiger partial charge in [0.1, 0.15) is 5.82 Å². The van der Waals surface area contributed by atoms with Gasteiger partial charge in [-0.2, -0.15) is 0 Å². The smallest absolute Gasteiger partial charge is 0.313 e. The lowest BCUT2D eigenvalue weighted by atomic mass is 10.0. The van der Waals surface area contributed by atoms with E-state index in [-0.39, 0.29) is 12.2 Å². The number of anilines is 1. The Morgan fingerprint density at radius 2 is 1.95 bits per heavy atom. The number of nitrogens with one attached hydrogen (secondary N) is 2. The molecule has 0 heterocycles. The Hall–Kier alpha value is -1.95. The van der Waals surface area contributed by atoms with Crippen LogP contribution in [-0.2, 0) is 9.59 Å². The van der Waals surface area contributed by atoms with E-state index in [1.807, 2.05) is 0 Å². The van der Waals surface area contributed by atoms with Crippen molar-refractivity contribution in [3.05, 3.63) is 29.6 Å². The molecule has 1 aromatic rings. The number of halogens is 1. The molecule has 0 spiro atoms. The molecule has 0 aromatic heterocycles. The first-order valence-corrected chi connectivity index (χ1v) is 6.97. The second-order valence-corrected chi connectivity index (χ2v) is 5.53. The van der Waals surface area contributed by atoms with E-state index in [0.717, 1.165) is 18.9 Å². The van der Waals surface area contributed by atoms with Gasteiger partial charge in [-0.25, -0.2) is 4.39 Å². The highest BCUT2D eigenvalue weighted by molar-refractivity contribution is 6.39. The Morgan fingerprint density at radius 3 is 2.57 bits per heavy atom. The van der Waals surface area contributed by atoms with Gasteiger partial charge in [0.05, 0.1) is 5.60 Å². The number of rotatable bonds is 3. The topological polar surface area (TPSA) is 78.4 Å². The van der Waals surface area contributed by atoms with Gasteiger partial charge in [-0.15, -0.1) is 0 Å². The molecule has 1 fully saturated rings. The minimum absolute atomic E-state index is 0.0571. The molecule has 0 atom stereocenters. The van der Waals surface area contributed by atoms with Crippen molar-refractivity contribution in [3.63, 3.8) is 0 Å². The number of hydrogen-bond donors (Lipinski definition) is 3. The third-order valence-corrected chi connectivity index (χ3v) is 3.75. The first-order chi connectivity index (χ1) is 9.89. The Balaban J connectivity index is 1.87. The number of benzene rings is 1. The molecule has 0 bridgehead atoms. The fourth-order valence-corrected chi connectivity index (χ4v) is 2.39. The minimum atomic E-state index is -0.911. The largest absolute Gasteiger partial charge is 0.388 e. The molecule has 1 aromatic carbocycles. The van der Waals surface area contributed by atoms with E-state index < -0.39 is 23.2 Å². The van der Waals surface area contributed by atoms with E-state index in [0.29, 0.717) is 18.4 Å². The van der Waals surface area contributed by atoms with Crippen LogP contribution in [0.1, 0.15) is 31.2 Å². The van der Waals surface area contributed by atoms with Crippen LogP contribution in [0.15, 0.2) is 18.2 Å². The van der Waals surface area contributed by atoms with E-state index in [9.17, 15) is 19.1 Å². The molecule has 2 amide bonds. The third-order valence-electron chi connectivity index (χ3n) is 3.75. The molecule has 114 valence electrons. The monoisotopic (exact) mass is 294 g/mol. The van der Waals surface area contributed by atoms with Crippen molar-refractivity contribution in [3.8, 4) is 0 Å². The molecule has 5 nitrogen and oxygen atoms in total. The molecule has 1 saturated carbocycles. The van der Waals surface area contributed by atoms with Crippen LogP contribution >= 0.6 is 0 Å². The second-order valence-electron chi connectivity index (χ2n) is 5.53. The van der Waals surface area contributed by atoms with E-state index in [4.69, 9.17) is 0 Å². The molecular weight excluding hydrogens is 275 g/mol. The van der Waals surface area contributed by atoms with Gasteiger partial charge in [0.25, 0.3) is 0 Å². The first-order valence-electron chi connectivity index (χ1n) is 6.97. The quantitative estimate of drug-likeness (QED) is 0.739. The van der Waals surface area contributed by atoms with Gasteiger partial charge in [-0.05, 0) is 37.5 Å². The van der Waals surface area contributed by atoms with Gasteiger partial charge in [-0.1, -0.05) is 18.9 Å². The molecule has 0 radical (unpaired) electrons. The maximum Gasteiger partial charge on any atom is 0.313 e. The summed E-state index contributed by atoms with van der Waals surface area (Å²) in [5, 5.41) is 14.8. The molecule has 0 aliphatic heterocycles. The Kier molecular flexibility index (Phi) is 4.57. The molecule has 0 unspecified atom stereocenters. The Labute approximate surface area is 122 Å². The molecule has 0 saturated heterocycles. The van der Waals surface area contributed by atoms with Gasteiger partial charge < -0.3 is 15.7 Å². The van der Waals surface area contributed by atoms with Crippen molar-refractivity contribution in [2.75, 3.05) is 11.9 Å². The average molecular weight is 294 g/mol. The van der Waals surface area contributed by atoms with Crippen LogP contribution in [0.2, 0.25) is 0 Å². The normalized spacial score (nSPS) is 16.5. The molecule has 2 rings (SSSR count). The van der Waals surface area contributed by atoms with Crippen molar-refractivity contribution in [2.45, 2.75) is 38.2 Å². The Bertz CT molecular complexity index is 554. The zero-order valence-corrected chi connectivity index (χ0v) is 11.9. The minimum Gasteiger partial charge on any atom is -0.388 e. The van der Waals surface area contributed by atoms with Crippen molar-refractivity contribution < 1.29 is 19.1 Å². The first kappa shape index (κ1) is 15.4. The highest BCUT2D eigenvalue weighted by atomic mass is 19.1. The molecule has 3 N–H and O–H groups in total. The lowest BCUT2D eigenvalue weighted by molar-refractivity contribution is -0.136. The zero-order valence-electron chi connectivity index (χ0n) is 11.9. The third kappa shape index (κ3) is 4.01. The summed E-state index contributed by atoms with van der Waals surface area (Å²) in [7, 11) is 0. The molecular formula is C15H19FN2O3. The molecule has 21 heavy (non-hydrogen) atoms. The second kappa shape index (κ2) is 6.22. The van der Waals surface area contributed by atoms with E-state index in [2.05, 4.69) is 10.6 Å². The van der Waals surface area contributed by atoms with Crippen LogP contribution in [-0.4, -0.2) is 29.1 Å². The van der Waals surface area contributed by atoms with Crippen LogP contribution in [0.5, 0.6) is 0 Å². The van der Waals surface area contributed by atoms with Crippen LogP contribution < -0.4 is 10.6 Å². The predicted octanol–water partition coefficient (Wildman–Crippen LogP) is 1.49. The molecule has 1 aliphatic rings. The maximum absolute atomic E-state index is 13.3. The van der Waals surface area contributed by atoms with E-state index in [1.165, 1.54) is 12.1 Å². The number of carbonyl (C=O) groups excluding carboxylic acids is 2. The van der Waals surface area contributed by atoms with Gasteiger partial charge >= 0.3 is 11.8 Å². The number of aryl methyl sites for hydroxylation is 1. The van der Waals surface area contributed by atoms with Crippen LogP contribution in [0.25, 0.3) is 0 Å². The fraction of sp³-hybridized carbons (Fsp3) is 0.467. The van der Waals surface area contributed by atoms with Crippen molar-refractivity contribution in [1.29, 1.82) is 0 Å². The Morgan fingerprint density at radius 1 is 1.29 bits per heavy atom. The summed E-state index contributed by atoms with van der Waals surface area (Å²) in [6, 6.07) is 4.20. The fourth-order valence-electron chi connectivity index (χ4n) is 2.39. The lowest BCUT2D eigenvalue weighted by Crippen LogP contribution is -2.44. The highest BCUT2D eigenvalue weighted by Gasteiger charge is 2.32. The van der Waals surface area contributed by atoms with Crippen molar-refractivity contribution in [1.82, 2.24) is 5.32 Å². The lowest BCUT2D eigenvalue weighted by Gasteiger charge is -2.22. The summed E-state index contributed by atoms with van der Waals surface area (Å²) in [5.41, 5.74) is -0.231. The van der Waals surface area contributed by atoms with Gasteiger partial charge in [0.2, 0.25) is 0 Å². The predicted molar refractivity (Wildman–Crippen MR) is 76.2 cm³/mol. The average Bonchev–Trinajstić information content (AvgIpc) is 2.87. The van der Waals surface area contributed by atoms with Crippen molar-refractivity contribution >= 4 is 17.5 Å². The zero-order chi connectivity index (χ0) is 15.5. The summed E-state index contributed by atoms with van der Waals surface area (Å²) in [6.07, 6.45) is 3.08. The van der Waals surface area contributed by atoms with Gasteiger partial charge in [0.15, 0.2) is 0 Å². The summed E-state index contributed by atoms with van der Waals surface area (Å²) >= 11 is 0. The van der Waals surface area contributed by atoms with Crippen LogP contribution in [0.4, 0.5) is 10.1 Å². The highest BCUT2D eigenvalue weighted by Crippen LogP contribution is 2.28. The number of hydrogen-bond acceptors (Lipinski definition) is 3. The van der Waals surface area contributed by atoms with E-state index in [1.54, 1.807) is 6.92 Å². The summed E-state index contributed by atoms with van der Waals surface area (Å²) in [4.78, 5) is 23.4. The van der Waals surface area contributed by atoms with Gasteiger partial charge in [-0.3, -0.25) is 9.59 Å². The van der Waals surface area contributed by atoms with Gasteiger partial charge in [0, 0.05) is 12.2 Å². The van der Waals surface area contributed by atoms with Crippen LogP contribution in [0.3, 0.4) is 0 Å². The SMILES string of the molecule is Cc1ccc(NC(=O)C(=O)NCC2(O)CCCC2)cc1F. The summed E-state index contributed by atoms with van der Waals surface area (Å²) in [5.74, 6) is -2.16. The maximum atomic E-state index is 13.3. The van der Waals surface area contributed by atoms with Crippen LogP contribution in [0, 0.1) is 12.7 Å². The number of carbonyl (C=O) groups is 2. The number of amides is 2. The number of aliphatic hydroxyl groups is 1. The van der Waals surface area contributed by atoms with Crippen molar-refractivity contribution in [2.24, 2.45) is 0 Å². The standard InChI is InChI=1S/C15H19FN2O3/c1-10-4-5-11(8-12(10)16)18-14(20)13(19)17-9-15(21)6-2-3-7-15/h4-5,8,21H,2-3,6-7,9H2,1H3,(H,17,19)(H,18,20). The molecule has 6 heteroatoms. The molecule has 1 aliphatic carbocycles. The summed E-state index contributed by atoms with van der Waals surface area (Å²) < 4.78 is 13.3. The summed E-state index contributed by atoms with van der Waals surface area (Å²) in [6.45, 7) is 1.66.